The number of nitrogens with one attached hydrogen (secondary N) is 1. The third-order valence-corrected chi connectivity index (χ3v) is 2.93. The van der Waals surface area contributed by atoms with Crippen molar-refractivity contribution < 1.29 is 4.74 Å². The Morgan fingerprint density at radius 3 is 3.00 bits per heavy atom. The third kappa shape index (κ3) is 3.50. The molecule has 0 aliphatic rings. The van der Waals surface area contributed by atoms with Crippen LogP contribution in [0.3, 0.4) is 0 Å². The summed E-state index contributed by atoms with van der Waals surface area (Å²) in [5.74, 6) is 0. The Bertz CT molecular complexity index is 343. The average Bonchev–Trinajstić information content (AvgIpc) is 2.59. The van der Waals surface area contributed by atoms with Gasteiger partial charge in [0.15, 0.2) is 0 Å². The number of aromatic nitrogens is 1. The molecular formula is C10H15N3OS. The van der Waals surface area contributed by atoms with E-state index in [0.29, 0.717) is 5.56 Å². The maximum Gasteiger partial charge on any atom is 0.127 e. The third-order valence-electron chi connectivity index (χ3n) is 2.04. The minimum Gasteiger partial charge on any atom is -0.385 e. The number of ether oxygens (including phenoxy) is 1. The molecule has 5 heteroatoms. The summed E-state index contributed by atoms with van der Waals surface area (Å²) >= 11 is 1.35. The van der Waals surface area contributed by atoms with Crippen molar-refractivity contribution in [3.63, 3.8) is 0 Å². The standard InChI is InChI=1S/C10H15N3OS/c1-8-9(7-11)10(15-13-8)12-5-3-4-6-14-2/h12H,3-6H2,1-2H3. The fourth-order valence-corrected chi connectivity index (χ4v) is 1.97. The van der Waals surface area contributed by atoms with Gasteiger partial charge in [-0.25, -0.2) is 0 Å². The molecule has 0 saturated heterocycles. The highest BCUT2D eigenvalue weighted by Gasteiger charge is 2.08. The Hall–Kier alpha value is -1.12. The zero-order valence-electron chi connectivity index (χ0n) is 9.04. The molecule has 0 fully saturated rings. The smallest absolute Gasteiger partial charge is 0.127 e. The molecule has 0 atom stereocenters. The van der Waals surface area contributed by atoms with E-state index >= 15 is 0 Å². The first kappa shape index (κ1) is 12.0. The molecule has 4 nitrogen and oxygen atoms in total. The molecule has 15 heavy (non-hydrogen) atoms. The molecule has 0 bridgehead atoms. The second-order valence-corrected chi connectivity index (χ2v) is 3.98. The quantitative estimate of drug-likeness (QED) is 0.754. The lowest BCUT2D eigenvalue weighted by atomic mass is 10.2. The van der Waals surface area contributed by atoms with Crippen LogP contribution in [0.2, 0.25) is 0 Å². The van der Waals surface area contributed by atoms with Crippen LogP contribution in [0.4, 0.5) is 5.00 Å². The molecule has 82 valence electrons. The summed E-state index contributed by atoms with van der Waals surface area (Å²) in [6, 6.07) is 2.16. The van der Waals surface area contributed by atoms with E-state index in [1.165, 1.54) is 11.5 Å². The summed E-state index contributed by atoms with van der Waals surface area (Å²) in [6.45, 7) is 3.50. The van der Waals surface area contributed by atoms with Crippen LogP contribution in [0, 0.1) is 18.3 Å². The largest absolute Gasteiger partial charge is 0.385 e. The van der Waals surface area contributed by atoms with Crippen molar-refractivity contribution in [2.24, 2.45) is 0 Å². The molecule has 0 amide bonds. The zero-order chi connectivity index (χ0) is 11.1. The molecule has 0 aliphatic carbocycles. The summed E-state index contributed by atoms with van der Waals surface area (Å²) in [4.78, 5) is 0. The molecule has 0 aromatic carbocycles. The van der Waals surface area contributed by atoms with Crippen LogP contribution in [0.15, 0.2) is 0 Å². The Kier molecular flexibility index (Phi) is 5.08. The van der Waals surface area contributed by atoms with Gasteiger partial charge in [-0.05, 0) is 31.3 Å². The number of nitriles is 1. The van der Waals surface area contributed by atoms with Gasteiger partial charge in [-0.3, -0.25) is 0 Å². The number of unbranched alkanes of at least 4 members (excludes halogenated alkanes) is 1. The Morgan fingerprint density at radius 2 is 2.33 bits per heavy atom. The maximum atomic E-state index is 8.89. The van der Waals surface area contributed by atoms with Crippen LogP contribution in [0.5, 0.6) is 0 Å². The van der Waals surface area contributed by atoms with E-state index in [1.807, 2.05) is 6.92 Å². The average molecular weight is 225 g/mol. The second-order valence-electron chi connectivity index (χ2n) is 3.21. The van der Waals surface area contributed by atoms with Crippen LogP contribution in [-0.4, -0.2) is 24.6 Å². The van der Waals surface area contributed by atoms with Crippen molar-refractivity contribution in [1.82, 2.24) is 4.37 Å². The predicted molar refractivity (Wildman–Crippen MR) is 61.2 cm³/mol. The van der Waals surface area contributed by atoms with Gasteiger partial charge in [0, 0.05) is 20.3 Å². The van der Waals surface area contributed by atoms with Gasteiger partial charge in [-0.2, -0.15) is 9.64 Å². The number of hydrogen-bond acceptors (Lipinski definition) is 5. The van der Waals surface area contributed by atoms with E-state index in [2.05, 4.69) is 15.8 Å². The lowest BCUT2D eigenvalue weighted by molar-refractivity contribution is 0.194. The minimum absolute atomic E-state index is 0.673. The lowest BCUT2D eigenvalue weighted by Gasteiger charge is -2.02. The van der Waals surface area contributed by atoms with E-state index in [0.717, 1.165) is 36.7 Å². The summed E-state index contributed by atoms with van der Waals surface area (Å²) < 4.78 is 9.09. The van der Waals surface area contributed by atoms with Crippen molar-refractivity contribution in [3.05, 3.63) is 11.3 Å². The summed E-state index contributed by atoms with van der Waals surface area (Å²) in [7, 11) is 1.70. The van der Waals surface area contributed by atoms with Crippen molar-refractivity contribution >= 4 is 16.5 Å². The molecule has 1 heterocycles. The molecule has 1 N–H and O–H groups in total. The number of hydrogen-bond donors (Lipinski definition) is 1. The topological polar surface area (TPSA) is 57.9 Å². The first-order valence-corrected chi connectivity index (χ1v) is 5.66. The molecule has 0 saturated carbocycles. The highest BCUT2D eigenvalue weighted by Crippen LogP contribution is 2.23. The van der Waals surface area contributed by atoms with E-state index in [4.69, 9.17) is 10.00 Å². The van der Waals surface area contributed by atoms with Gasteiger partial charge in [0.25, 0.3) is 0 Å². The number of aryl methyl sites for hydroxylation is 1. The molecule has 1 aromatic rings. The van der Waals surface area contributed by atoms with Crippen LogP contribution >= 0.6 is 11.5 Å². The predicted octanol–water partition coefficient (Wildman–Crippen LogP) is 2.16. The minimum atomic E-state index is 0.673. The van der Waals surface area contributed by atoms with E-state index in [1.54, 1.807) is 7.11 Å². The lowest BCUT2D eigenvalue weighted by Crippen LogP contribution is -2.02. The van der Waals surface area contributed by atoms with Gasteiger partial charge >= 0.3 is 0 Å². The number of rotatable bonds is 6. The van der Waals surface area contributed by atoms with Crippen LogP contribution in [-0.2, 0) is 4.74 Å². The highest BCUT2D eigenvalue weighted by atomic mass is 32.1. The van der Waals surface area contributed by atoms with Crippen LogP contribution in [0.25, 0.3) is 0 Å². The molecular weight excluding hydrogens is 210 g/mol. The zero-order valence-corrected chi connectivity index (χ0v) is 9.86. The molecule has 0 spiro atoms. The van der Waals surface area contributed by atoms with E-state index < -0.39 is 0 Å². The molecule has 0 aliphatic heterocycles. The monoisotopic (exact) mass is 225 g/mol. The molecule has 1 aromatic heterocycles. The SMILES string of the molecule is COCCCCNc1snc(C)c1C#N. The highest BCUT2D eigenvalue weighted by molar-refractivity contribution is 7.10. The molecule has 1 rings (SSSR count). The maximum absolute atomic E-state index is 8.89. The van der Waals surface area contributed by atoms with Crippen LogP contribution < -0.4 is 5.32 Å². The first-order valence-electron chi connectivity index (χ1n) is 4.88. The van der Waals surface area contributed by atoms with E-state index in [-0.39, 0.29) is 0 Å². The summed E-state index contributed by atoms with van der Waals surface area (Å²) in [5.41, 5.74) is 1.48. The van der Waals surface area contributed by atoms with Gasteiger partial charge in [-0.1, -0.05) is 0 Å². The number of nitrogens with zero attached hydrogens (tertiary/aromatic N) is 2. The normalized spacial score (nSPS) is 9.93. The summed E-state index contributed by atoms with van der Waals surface area (Å²) in [6.07, 6.45) is 2.07. The number of methoxy groups -OCH3 is 1. The van der Waals surface area contributed by atoms with Gasteiger partial charge in [0.1, 0.15) is 16.6 Å². The second kappa shape index (κ2) is 6.38. The molecule has 0 radical (unpaired) electrons. The van der Waals surface area contributed by atoms with Gasteiger partial charge in [-0.15, -0.1) is 0 Å². The van der Waals surface area contributed by atoms with Crippen LogP contribution in [0.1, 0.15) is 24.1 Å². The summed E-state index contributed by atoms with van der Waals surface area (Å²) in [5, 5.41) is 13.0. The van der Waals surface area contributed by atoms with Crippen molar-refractivity contribution in [2.45, 2.75) is 19.8 Å². The van der Waals surface area contributed by atoms with Gasteiger partial charge in [0.05, 0.1) is 5.69 Å². The van der Waals surface area contributed by atoms with Crippen molar-refractivity contribution in [2.75, 3.05) is 25.6 Å². The van der Waals surface area contributed by atoms with Gasteiger partial charge in [0.2, 0.25) is 0 Å². The Morgan fingerprint density at radius 1 is 1.53 bits per heavy atom. The Balaban J connectivity index is 2.35. The van der Waals surface area contributed by atoms with Crippen molar-refractivity contribution in [1.29, 1.82) is 5.26 Å². The van der Waals surface area contributed by atoms with Gasteiger partial charge < -0.3 is 10.1 Å². The first-order chi connectivity index (χ1) is 7.29. The van der Waals surface area contributed by atoms with Crippen molar-refractivity contribution in [3.8, 4) is 6.07 Å². The fourth-order valence-electron chi connectivity index (χ4n) is 1.20. The number of anilines is 1. The fraction of sp³-hybridized carbons (Fsp3) is 0.600. The molecule has 0 unspecified atom stereocenters. The Labute approximate surface area is 94.0 Å². The van der Waals surface area contributed by atoms with E-state index in [9.17, 15) is 0 Å².